The fraction of sp³-hybridized carbons (Fsp3) is 0.304. The second-order valence-electron chi connectivity index (χ2n) is 7.35. The van der Waals surface area contributed by atoms with Crippen molar-refractivity contribution in [3.8, 4) is 11.8 Å². The molecule has 8 nitrogen and oxygen atoms in total. The number of likely N-dealkylation sites (N-methyl/N-ethyl adjacent to an activating group) is 1. The summed E-state index contributed by atoms with van der Waals surface area (Å²) in [6.07, 6.45) is 1.43. The minimum atomic E-state index is -4.17. The van der Waals surface area contributed by atoms with Gasteiger partial charge in [0, 0.05) is 25.3 Å². The van der Waals surface area contributed by atoms with E-state index >= 15 is 0 Å². The van der Waals surface area contributed by atoms with Crippen LogP contribution in [-0.2, 0) is 29.2 Å². The van der Waals surface area contributed by atoms with Gasteiger partial charge in [0.15, 0.2) is 11.8 Å². The van der Waals surface area contributed by atoms with Crippen LogP contribution in [0.5, 0.6) is 0 Å². The van der Waals surface area contributed by atoms with Gasteiger partial charge in [-0.25, -0.2) is 18.7 Å². The van der Waals surface area contributed by atoms with Crippen LogP contribution >= 0.6 is 0 Å². The van der Waals surface area contributed by atoms with Gasteiger partial charge in [0.25, 0.3) is 5.91 Å². The van der Waals surface area contributed by atoms with Gasteiger partial charge in [-0.3, -0.25) is 9.59 Å². The molecule has 2 aromatic rings. The lowest BCUT2D eigenvalue weighted by atomic mass is 10.1. The third kappa shape index (κ3) is 6.48. The summed E-state index contributed by atoms with van der Waals surface area (Å²) in [4.78, 5) is 28.6. The predicted molar refractivity (Wildman–Crippen MR) is 118 cm³/mol. The van der Waals surface area contributed by atoms with Crippen molar-refractivity contribution < 1.29 is 27.6 Å². The molecule has 0 aliphatic heterocycles. The number of carbonyl (C=O) groups excluding carboxylic acids is 2. The molecule has 0 bridgehead atoms. The van der Waals surface area contributed by atoms with Crippen LogP contribution in [0.15, 0.2) is 53.4 Å². The number of amides is 1. The maximum Gasteiger partial charge on any atom is 0.270 e. The molecular formula is C23H25N2O6S. The highest BCUT2D eigenvalue weighted by molar-refractivity contribution is 7.89. The highest BCUT2D eigenvalue weighted by Crippen LogP contribution is 2.17. The van der Waals surface area contributed by atoms with Gasteiger partial charge in [-0.1, -0.05) is 29.5 Å². The third-order valence-corrected chi connectivity index (χ3v) is 6.38. The van der Waals surface area contributed by atoms with Crippen LogP contribution in [-0.4, -0.2) is 50.9 Å². The lowest BCUT2D eigenvalue weighted by molar-refractivity contribution is -0.232. The average molecular weight is 458 g/mol. The van der Waals surface area contributed by atoms with Crippen molar-refractivity contribution >= 4 is 22.2 Å². The standard InChI is InChI=1S/C23H25N2O6S/c1-17-6-8-18(9-7-17)10-11-19-12-14-20(15-13-19)32(28,29)25(4)21(16-26)22(27)24-31-23(2,3)30-5/h6-9,12-15,21H,1-5H3,(H,24,27)/t21-/m0/s1. The summed E-state index contributed by atoms with van der Waals surface area (Å²) in [6, 6.07) is 11.8. The molecule has 1 N–H and O–H groups in total. The normalized spacial score (nSPS) is 12.6. The van der Waals surface area contributed by atoms with Crippen molar-refractivity contribution in [1.29, 1.82) is 0 Å². The van der Waals surface area contributed by atoms with Crippen molar-refractivity contribution in [3.05, 3.63) is 65.2 Å². The summed E-state index contributed by atoms with van der Waals surface area (Å²) < 4.78 is 31.4. The van der Waals surface area contributed by atoms with Crippen molar-refractivity contribution in [2.45, 2.75) is 37.5 Å². The summed E-state index contributed by atoms with van der Waals surface area (Å²) in [5.41, 5.74) is 4.60. The van der Waals surface area contributed by atoms with E-state index in [1.807, 2.05) is 36.7 Å². The molecule has 1 atom stereocenters. The second-order valence-corrected chi connectivity index (χ2v) is 9.35. The monoisotopic (exact) mass is 457 g/mol. The zero-order valence-electron chi connectivity index (χ0n) is 18.5. The number of nitrogens with one attached hydrogen (secondary N) is 1. The van der Waals surface area contributed by atoms with E-state index in [0.717, 1.165) is 18.2 Å². The maximum absolute atomic E-state index is 12.9. The number of sulfonamides is 1. The number of hydroxylamine groups is 1. The van der Waals surface area contributed by atoms with Gasteiger partial charge in [-0.05, 0) is 57.2 Å². The summed E-state index contributed by atoms with van der Waals surface area (Å²) in [5.74, 6) is 3.79. The van der Waals surface area contributed by atoms with Gasteiger partial charge in [0.05, 0.1) is 4.90 Å². The van der Waals surface area contributed by atoms with Gasteiger partial charge in [0.1, 0.15) is 0 Å². The van der Waals surface area contributed by atoms with Crippen LogP contribution in [0.25, 0.3) is 0 Å². The molecule has 0 saturated carbocycles. The predicted octanol–water partition coefficient (Wildman–Crippen LogP) is 1.92. The van der Waals surface area contributed by atoms with Crippen molar-refractivity contribution in [3.63, 3.8) is 0 Å². The topological polar surface area (TPSA) is 102 Å². The number of hydrogen-bond acceptors (Lipinski definition) is 6. The summed E-state index contributed by atoms with van der Waals surface area (Å²) in [5, 5.41) is 0. The molecule has 169 valence electrons. The number of aryl methyl sites for hydroxylation is 1. The Bertz CT molecular complexity index is 1110. The van der Waals surface area contributed by atoms with Gasteiger partial charge in [0.2, 0.25) is 16.3 Å². The van der Waals surface area contributed by atoms with E-state index < -0.39 is 27.8 Å². The van der Waals surface area contributed by atoms with Crippen LogP contribution in [0.2, 0.25) is 0 Å². The lowest BCUT2D eigenvalue weighted by Gasteiger charge is -2.25. The molecule has 9 heteroatoms. The molecule has 0 heterocycles. The van der Waals surface area contributed by atoms with Crippen LogP contribution < -0.4 is 5.48 Å². The van der Waals surface area contributed by atoms with E-state index in [9.17, 15) is 18.0 Å². The summed E-state index contributed by atoms with van der Waals surface area (Å²) >= 11 is 0. The van der Waals surface area contributed by atoms with Crippen molar-refractivity contribution in [1.82, 2.24) is 9.79 Å². The zero-order chi connectivity index (χ0) is 23.9. The first-order valence-electron chi connectivity index (χ1n) is 9.57. The van der Waals surface area contributed by atoms with Gasteiger partial charge in [-0.2, -0.15) is 4.31 Å². The van der Waals surface area contributed by atoms with Crippen LogP contribution in [0.1, 0.15) is 30.5 Å². The Morgan fingerprint density at radius 1 is 1.03 bits per heavy atom. The smallest absolute Gasteiger partial charge is 0.270 e. The number of benzene rings is 2. The largest absolute Gasteiger partial charge is 0.352 e. The average Bonchev–Trinajstić information content (AvgIpc) is 2.78. The number of rotatable bonds is 8. The number of nitrogens with zero attached hydrogens (tertiary/aromatic N) is 1. The van der Waals surface area contributed by atoms with Crippen molar-refractivity contribution in [2.24, 2.45) is 0 Å². The molecule has 1 amide bonds. The first-order chi connectivity index (χ1) is 15.0. The Kier molecular flexibility index (Phi) is 8.30. The van der Waals surface area contributed by atoms with E-state index in [1.54, 1.807) is 12.1 Å². The lowest BCUT2D eigenvalue weighted by Crippen LogP contribution is -2.50. The number of hydrogen-bond donors (Lipinski definition) is 1. The highest BCUT2D eigenvalue weighted by atomic mass is 32.2. The molecule has 0 saturated heterocycles. The molecule has 0 spiro atoms. The highest BCUT2D eigenvalue weighted by Gasteiger charge is 2.34. The number of ether oxygens (including phenoxy) is 1. The van der Waals surface area contributed by atoms with E-state index in [-0.39, 0.29) is 4.90 Å². The molecule has 2 rings (SSSR count). The van der Waals surface area contributed by atoms with Crippen LogP contribution in [0.3, 0.4) is 0 Å². The molecule has 0 aliphatic rings. The van der Waals surface area contributed by atoms with Gasteiger partial charge in [-0.15, -0.1) is 0 Å². The Balaban J connectivity index is 2.16. The molecule has 32 heavy (non-hydrogen) atoms. The summed E-state index contributed by atoms with van der Waals surface area (Å²) in [6.45, 7) is 5.03. The maximum atomic E-state index is 12.9. The summed E-state index contributed by atoms with van der Waals surface area (Å²) in [7, 11) is -1.70. The molecule has 0 fully saturated rings. The van der Waals surface area contributed by atoms with Crippen molar-refractivity contribution in [2.75, 3.05) is 14.2 Å². The van der Waals surface area contributed by atoms with E-state index in [2.05, 4.69) is 11.8 Å². The molecular weight excluding hydrogens is 432 g/mol. The SMILES string of the molecule is COC(C)(C)ONC(=O)[C@H]([C]=O)N(C)S(=O)(=O)c1ccc(C#Cc2ccc(C)cc2)cc1. The first kappa shape index (κ1) is 25.2. The van der Waals surface area contributed by atoms with E-state index in [0.29, 0.717) is 9.87 Å². The second kappa shape index (κ2) is 10.5. The van der Waals surface area contributed by atoms with Crippen LogP contribution in [0, 0.1) is 18.8 Å². The molecule has 2 aromatic carbocycles. The van der Waals surface area contributed by atoms with Gasteiger partial charge >= 0.3 is 0 Å². The Labute approximate surface area is 188 Å². The minimum absolute atomic E-state index is 0.105. The quantitative estimate of drug-likeness (QED) is 0.281. The van der Waals surface area contributed by atoms with Gasteiger partial charge < -0.3 is 4.74 Å². The van der Waals surface area contributed by atoms with E-state index in [1.165, 1.54) is 39.4 Å². The fourth-order valence-electron chi connectivity index (χ4n) is 2.36. The van der Waals surface area contributed by atoms with E-state index in [4.69, 9.17) is 9.57 Å². The molecule has 0 unspecified atom stereocenters. The molecule has 1 radical (unpaired) electrons. The number of methoxy groups -OCH3 is 1. The molecule has 0 aliphatic carbocycles. The van der Waals surface area contributed by atoms with Crippen LogP contribution in [0.4, 0.5) is 0 Å². The fourth-order valence-corrected chi connectivity index (χ4v) is 3.59. The third-order valence-electron chi connectivity index (χ3n) is 4.55. The Morgan fingerprint density at radius 2 is 1.53 bits per heavy atom. The Morgan fingerprint density at radius 3 is 2.00 bits per heavy atom. The minimum Gasteiger partial charge on any atom is -0.352 e. The zero-order valence-corrected chi connectivity index (χ0v) is 19.3. The molecule has 0 aromatic heterocycles. The Hall–Kier alpha value is -3.03. The number of carbonyl (C=O) groups is 1. The first-order valence-corrected chi connectivity index (χ1v) is 11.0.